The second-order valence-corrected chi connectivity index (χ2v) is 9.98. The Morgan fingerprint density at radius 2 is 1.88 bits per heavy atom. The van der Waals surface area contributed by atoms with Gasteiger partial charge >= 0.3 is 6.18 Å². The van der Waals surface area contributed by atoms with E-state index in [-0.39, 0.29) is 35.1 Å². The minimum Gasteiger partial charge on any atom is -0.383 e. The number of anilines is 2. The number of piperidine rings is 1. The van der Waals surface area contributed by atoms with Crippen molar-refractivity contribution in [2.75, 3.05) is 17.6 Å². The van der Waals surface area contributed by atoms with E-state index in [9.17, 15) is 27.9 Å². The first kappa shape index (κ1) is 25.7. The third-order valence-electron chi connectivity index (χ3n) is 7.49. The minimum absolute atomic E-state index is 0.0287. The van der Waals surface area contributed by atoms with E-state index in [1.165, 1.54) is 12.1 Å². The molecule has 0 radical (unpaired) electrons. The molecule has 2 amide bonds. The van der Waals surface area contributed by atoms with Crippen molar-refractivity contribution in [3.8, 4) is 11.3 Å². The van der Waals surface area contributed by atoms with Gasteiger partial charge < -0.3 is 21.1 Å². The smallest absolute Gasteiger partial charge is 0.383 e. The number of nitrogen functional groups attached to an aromatic ring is 1. The lowest BCUT2D eigenvalue weighted by atomic mass is 9.92. The molecule has 10 nitrogen and oxygen atoms in total. The minimum atomic E-state index is -4.56. The molecule has 6 rings (SSSR count). The van der Waals surface area contributed by atoms with Gasteiger partial charge in [-0.05, 0) is 37.1 Å². The summed E-state index contributed by atoms with van der Waals surface area (Å²) in [6.07, 6.45) is 0.772. The summed E-state index contributed by atoms with van der Waals surface area (Å²) in [5.74, 6) is -0.209. The van der Waals surface area contributed by atoms with Crippen LogP contribution in [0, 0.1) is 0 Å². The molecule has 0 saturated carbocycles. The van der Waals surface area contributed by atoms with Crippen LogP contribution in [0.25, 0.3) is 16.8 Å². The predicted octanol–water partition coefficient (Wildman–Crippen LogP) is 3.48. The molecule has 0 aliphatic carbocycles. The van der Waals surface area contributed by atoms with Crippen molar-refractivity contribution in [3.63, 3.8) is 0 Å². The highest BCUT2D eigenvalue weighted by Gasteiger charge is 2.43. The number of amides is 2. The van der Waals surface area contributed by atoms with Gasteiger partial charge in [-0.1, -0.05) is 12.1 Å². The zero-order valence-corrected chi connectivity index (χ0v) is 21.0. The van der Waals surface area contributed by atoms with Crippen LogP contribution in [-0.4, -0.2) is 59.9 Å². The zero-order chi connectivity index (χ0) is 28.2. The number of alkyl halides is 3. The fraction of sp³-hybridized carbons (Fsp3) is 0.296. The summed E-state index contributed by atoms with van der Waals surface area (Å²) in [4.78, 5) is 39.8. The summed E-state index contributed by atoms with van der Waals surface area (Å²) in [6.45, 7) is 0.435. The molecule has 2 saturated heterocycles. The largest absolute Gasteiger partial charge is 0.416 e. The number of pyridine rings is 1. The molecule has 2 aliphatic rings. The van der Waals surface area contributed by atoms with Crippen molar-refractivity contribution in [2.45, 2.75) is 43.5 Å². The normalized spacial score (nSPS) is 21.1. The number of halogens is 3. The maximum absolute atomic E-state index is 13.0. The van der Waals surface area contributed by atoms with Crippen LogP contribution in [0.15, 0.2) is 55.0 Å². The summed E-state index contributed by atoms with van der Waals surface area (Å²) >= 11 is 0. The summed E-state index contributed by atoms with van der Waals surface area (Å²) in [7, 11) is 0. The van der Waals surface area contributed by atoms with Crippen molar-refractivity contribution in [2.24, 2.45) is 0 Å². The van der Waals surface area contributed by atoms with Crippen LogP contribution >= 0.6 is 0 Å². The van der Waals surface area contributed by atoms with E-state index >= 15 is 0 Å². The topological polar surface area (TPSA) is 139 Å². The van der Waals surface area contributed by atoms with E-state index in [4.69, 9.17) is 10.7 Å². The van der Waals surface area contributed by atoms with Crippen molar-refractivity contribution in [1.82, 2.24) is 24.3 Å². The molecule has 0 spiro atoms. The number of imidazole rings is 1. The third-order valence-corrected chi connectivity index (χ3v) is 7.49. The SMILES string of the molecule is Nc1nccn2c([C@H]3CC[C@@H]4C[C@H](O)C(=O)N4C3)nc(-c3ccc(C(=O)Nc4cc(C(F)(F)F)ccn4)cc3)c12. The average molecular weight is 552 g/mol. The summed E-state index contributed by atoms with van der Waals surface area (Å²) in [5.41, 5.74) is 7.32. The molecule has 4 aromatic rings. The van der Waals surface area contributed by atoms with Gasteiger partial charge in [0.2, 0.25) is 0 Å². The fourth-order valence-corrected chi connectivity index (χ4v) is 5.52. The molecule has 3 atom stereocenters. The van der Waals surface area contributed by atoms with Crippen LogP contribution in [0.2, 0.25) is 0 Å². The second-order valence-electron chi connectivity index (χ2n) is 9.98. The summed E-state index contributed by atoms with van der Waals surface area (Å²) < 4.78 is 40.8. The highest BCUT2D eigenvalue weighted by atomic mass is 19.4. The van der Waals surface area contributed by atoms with Gasteiger partial charge in [-0.15, -0.1) is 0 Å². The lowest BCUT2D eigenvalue weighted by molar-refractivity contribution is -0.137. The zero-order valence-electron chi connectivity index (χ0n) is 21.0. The van der Waals surface area contributed by atoms with Crippen LogP contribution in [-0.2, 0) is 11.0 Å². The van der Waals surface area contributed by atoms with E-state index in [0.29, 0.717) is 35.6 Å². The number of aliphatic hydroxyl groups excluding tert-OH is 1. The number of aliphatic hydroxyl groups is 1. The van der Waals surface area contributed by atoms with E-state index in [2.05, 4.69) is 15.3 Å². The Morgan fingerprint density at radius 3 is 2.62 bits per heavy atom. The molecule has 2 aliphatic heterocycles. The molecular formula is C27H24F3N7O3. The predicted molar refractivity (Wildman–Crippen MR) is 138 cm³/mol. The van der Waals surface area contributed by atoms with Gasteiger partial charge in [0.05, 0.1) is 5.56 Å². The Morgan fingerprint density at radius 1 is 1.10 bits per heavy atom. The van der Waals surface area contributed by atoms with E-state index in [1.54, 1.807) is 29.4 Å². The van der Waals surface area contributed by atoms with Crippen molar-refractivity contribution < 1.29 is 27.9 Å². The molecule has 1 aromatic carbocycles. The summed E-state index contributed by atoms with van der Waals surface area (Å²) in [6, 6.07) is 8.03. The maximum atomic E-state index is 13.0. The lowest BCUT2D eigenvalue weighted by Crippen LogP contribution is -2.42. The van der Waals surface area contributed by atoms with Crippen LogP contribution in [0.4, 0.5) is 24.8 Å². The van der Waals surface area contributed by atoms with Crippen LogP contribution in [0.3, 0.4) is 0 Å². The number of rotatable bonds is 4. The maximum Gasteiger partial charge on any atom is 0.416 e. The van der Waals surface area contributed by atoms with Crippen LogP contribution < -0.4 is 11.1 Å². The Bertz CT molecular complexity index is 1620. The van der Waals surface area contributed by atoms with Gasteiger partial charge in [0.15, 0.2) is 0 Å². The quantitative estimate of drug-likeness (QED) is 0.353. The Labute approximate surface area is 225 Å². The van der Waals surface area contributed by atoms with Crippen LogP contribution in [0.5, 0.6) is 0 Å². The molecular weight excluding hydrogens is 527 g/mol. The van der Waals surface area contributed by atoms with Crippen LogP contribution in [0.1, 0.15) is 46.9 Å². The van der Waals surface area contributed by atoms with Gasteiger partial charge in [-0.25, -0.2) is 15.0 Å². The van der Waals surface area contributed by atoms with E-state index in [0.717, 1.165) is 31.2 Å². The average Bonchev–Trinajstić information content (AvgIpc) is 3.46. The number of hydrogen-bond donors (Lipinski definition) is 3. The number of carbonyl (C=O) groups excluding carboxylic acids is 2. The number of nitrogens with zero attached hydrogens (tertiary/aromatic N) is 5. The number of hydrogen-bond acceptors (Lipinski definition) is 7. The third kappa shape index (κ3) is 4.51. The number of nitrogens with two attached hydrogens (primary N) is 1. The van der Waals surface area contributed by atoms with Crippen molar-refractivity contribution >= 4 is 29.0 Å². The molecule has 13 heteroatoms. The van der Waals surface area contributed by atoms with Gasteiger partial charge in [0.25, 0.3) is 11.8 Å². The van der Waals surface area contributed by atoms with E-state index in [1.807, 2.05) is 4.40 Å². The first-order valence-corrected chi connectivity index (χ1v) is 12.7. The standard InChI is InChI=1S/C27H24F3N7O3/c28-27(29,30)17-7-8-32-20(11-17)34-25(39)15-3-1-14(2-4-15)21-22-23(31)33-9-10-36(22)24(35-21)16-5-6-18-12-19(38)26(40)37(18)13-16/h1-4,7-11,16,18-19,38H,5-6,12-13H2,(H2,31,33)(H,32,34,39)/t16-,18+,19-/m0/s1. The first-order valence-electron chi connectivity index (χ1n) is 12.7. The van der Waals surface area contributed by atoms with Gasteiger partial charge in [0, 0.05) is 54.6 Å². The lowest BCUT2D eigenvalue weighted by Gasteiger charge is -2.34. The second kappa shape index (κ2) is 9.59. The molecule has 2 fully saturated rings. The molecule has 0 unspecified atom stereocenters. The molecule has 40 heavy (non-hydrogen) atoms. The Kier molecular flexibility index (Phi) is 6.17. The molecule has 206 valence electrons. The number of nitrogens with one attached hydrogen (secondary N) is 1. The van der Waals surface area contributed by atoms with Gasteiger partial charge in [0.1, 0.15) is 34.8 Å². The highest BCUT2D eigenvalue weighted by molar-refractivity contribution is 6.04. The highest BCUT2D eigenvalue weighted by Crippen LogP contribution is 2.38. The summed E-state index contributed by atoms with van der Waals surface area (Å²) in [5, 5.41) is 12.4. The van der Waals surface area contributed by atoms with Crippen molar-refractivity contribution in [1.29, 1.82) is 0 Å². The van der Waals surface area contributed by atoms with Gasteiger partial charge in [-0.3, -0.25) is 14.0 Å². The molecule has 4 N–H and O–H groups in total. The number of aromatic nitrogens is 4. The number of carbonyl (C=O) groups is 2. The molecule has 0 bridgehead atoms. The van der Waals surface area contributed by atoms with Crippen molar-refractivity contribution in [3.05, 3.63) is 71.9 Å². The molecule has 5 heterocycles. The first-order chi connectivity index (χ1) is 19.1. The monoisotopic (exact) mass is 551 g/mol. The number of fused-ring (bicyclic) bond motifs is 2. The van der Waals surface area contributed by atoms with E-state index < -0.39 is 23.8 Å². The Hall–Kier alpha value is -4.52. The number of benzene rings is 1. The Balaban J connectivity index is 1.28. The fourth-order valence-electron chi connectivity index (χ4n) is 5.52. The molecule has 3 aromatic heterocycles. The van der Waals surface area contributed by atoms with Gasteiger partial charge in [-0.2, -0.15) is 13.2 Å².